The fraction of sp³-hybridized carbons (Fsp3) is 0.0667. The van der Waals surface area contributed by atoms with Gasteiger partial charge in [0.1, 0.15) is 0 Å². The first-order valence-electron chi connectivity index (χ1n) is 6.17. The van der Waals surface area contributed by atoms with Crippen molar-refractivity contribution in [1.82, 2.24) is 4.98 Å². The number of amides is 1. The van der Waals surface area contributed by atoms with Crippen molar-refractivity contribution in [2.45, 2.75) is 6.92 Å². The molecular formula is C15H10BrClN2OS. The normalized spacial score (nSPS) is 10.8. The Balaban J connectivity index is 1.91. The topological polar surface area (TPSA) is 42.0 Å². The molecule has 0 atom stereocenters. The molecule has 0 unspecified atom stereocenters. The molecule has 1 N–H and O–H groups in total. The van der Waals surface area contributed by atoms with Crippen LogP contribution >= 0.6 is 38.9 Å². The van der Waals surface area contributed by atoms with Crippen LogP contribution in [0.1, 0.15) is 15.9 Å². The first kappa shape index (κ1) is 14.5. The van der Waals surface area contributed by atoms with Crippen molar-refractivity contribution in [2.75, 3.05) is 5.32 Å². The first-order valence-corrected chi connectivity index (χ1v) is 8.16. The van der Waals surface area contributed by atoms with E-state index in [0.29, 0.717) is 15.7 Å². The van der Waals surface area contributed by atoms with Gasteiger partial charge in [-0.1, -0.05) is 51.0 Å². The summed E-state index contributed by atoms with van der Waals surface area (Å²) in [6.07, 6.45) is 0. The Morgan fingerprint density at radius 2 is 2.14 bits per heavy atom. The van der Waals surface area contributed by atoms with Crippen molar-refractivity contribution in [3.63, 3.8) is 0 Å². The van der Waals surface area contributed by atoms with Gasteiger partial charge in [-0.2, -0.15) is 0 Å². The van der Waals surface area contributed by atoms with Crippen LogP contribution in [0.4, 0.5) is 5.13 Å². The molecule has 0 bridgehead atoms. The van der Waals surface area contributed by atoms with Crippen LogP contribution in [0.15, 0.2) is 40.9 Å². The van der Waals surface area contributed by atoms with Gasteiger partial charge in [-0.25, -0.2) is 4.98 Å². The van der Waals surface area contributed by atoms with Crippen LogP contribution in [0.25, 0.3) is 10.2 Å². The van der Waals surface area contributed by atoms with E-state index in [1.807, 2.05) is 25.1 Å². The third kappa shape index (κ3) is 2.95. The molecule has 0 saturated carbocycles. The average molecular weight is 382 g/mol. The molecule has 0 aliphatic carbocycles. The molecule has 0 spiro atoms. The third-order valence-electron chi connectivity index (χ3n) is 3.02. The predicted octanol–water partition coefficient (Wildman–Crippen LogP) is 5.27. The number of carbonyl (C=O) groups is 1. The van der Waals surface area contributed by atoms with Crippen molar-refractivity contribution in [3.8, 4) is 0 Å². The number of para-hydroxylation sites is 1. The number of nitrogens with zero attached hydrogens (tertiary/aromatic N) is 1. The fourth-order valence-corrected chi connectivity index (χ4v) is 3.68. The van der Waals surface area contributed by atoms with Crippen molar-refractivity contribution in [2.24, 2.45) is 0 Å². The number of thiazole rings is 1. The molecule has 1 aromatic heterocycles. The summed E-state index contributed by atoms with van der Waals surface area (Å²) < 4.78 is 1.88. The standard InChI is InChI=1S/C15H10BrClN2OS/c1-8-3-2-4-12-13(8)18-15(21-12)19-14(20)10-6-5-9(16)7-11(10)17/h2-7H,1H3,(H,18,19,20). The fourth-order valence-electron chi connectivity index (χ4n) is 1.98. The van der Waals surface area contributed by atoms with E-state index in [9.17, 15) is 4.79 Å². The van der Waals surface area contributed by atoms with Gasteiger partial charge in [0, 0.05) is 4.47 Å². The van der Waals surface area contributed by atoms with Crippen molar-refractivity contribution in [1.29, 1.82) is 0 Å². The van der Waals surface area contributed by atoms with Gasteiger partial charge in [0.2, 0.25) is 0 Å². The molecule has 3 rings (SSSR count). The second-order valence-electron chi connectivity index (χ2n) is 4.52. The highest BCUT2D eigenvalue weighted by molar-refractivity contribution is 9.10. The molecule has 0 aliphatic heterocycles. The zero-order valence-electron chi connectivity index (χ0n) is 11.0. The summed E-state index contributed by atoms with van der Waals surface area (Å²) in [4.78, 5) is 16.7. The lowest BCUT2D eigenvalue weighted by molar-refractivity contribution is 0.102. The van der Waals surface area contributed by atoms with Crippen LogP contribution in [0.2, 0.25) is 5.02 Å². The summed E-state index contributed by atoms with van der Waals surface area (Å²) in [6.45, 7) is 2.00. The number of halogens is 2. The van der Waals surface area contributed by atoms with Gasteiger partial charge in [-0.3, -0.25) is 10.1 Å². The van der Waals surface area contributed by atoms with Crippen LogP contribution < -0.4 is 5.32 Å². The molecule has 1 heterocycles. The van der Waals surface area contributed by atoms with Gasteiger partial charge in [0.05, 0.1) is 20.8 Å². The van der Waals surface area contributed by atoms with Gasteiger partial charge < -0.3 is 0 Å². The average Bonchev–Trinajstić information content (AvgIpc) is 2.82. The van der Waals surface area contributed by atoms with E-state index in [-0.39, 0.29) is 5.91 Å². The highest BCUT2D eigenvalue weighted by atomic mass is 79.9. The zero-order chi connectivity index (χ0) is 15.0. The largest absolute Gasteiger partial charge is 0.298 e. The second kappa shape index (κ2) is 5.75. The van der Waals surface area contributed by atoms with Crippen molar-refractivity contribution in [3.05, 3.63) is 57.0 Å². The van der Waals surface area contributed by atoms with Crippen LogP contribution in [0.3, 0.4) is 0 Å². The number of nitrogens with one attached hydrogen (secondary N) is 1. The Hall–Kier alpha value is -1.43. The maximum absolute atomic E-state index is 12.3. The SMILES string of the molecule is Cc1cccc2sc(NC(=O)c3ccc(Br)cc3Cl)nc12. The summed E-state index contributed by atoms with van der Waals surface area (Å²) in [5, 5.41) is 3.78. The van der Waals surface area contributed by atoms with Gasteiger partial charge in [-0.05, 0) is 36.8 Å². The van der Waals surface area contributed by atoms with Crippen LogP contribution in [-0.4, -0.2) is 10.9 Å². The van der Waals surface area contributed by atoms with E-state index in [0.717, 1.165) is 20.3 Å². The minimum absolute atomic E-state index is 0.260. The number of benzene rings is 2. The second-order valence-corrected chi connectivity index (χ2v) is 6.87. The van der Waals surface area contributed by atoms with Crippen LogP contribution in [0, 0.1) is 6.92 Å². The number of aromatic nitrogens is 1. The van der Waals surface area contributed by atoms with Crippen molar-refractivity contribution < 1.29 is 4.79 Å². The number of aryl methyl sites for hydroxylation is 1. The van der Waals surface area contributed by atoms with Gasteiger partial charge in [0.25, 0.3) is 5.91 Å². The monoisotopic (exact) mass is 380 g/mol. The number of rotatable bonds is 2. The Bertz CT molecular complexity index is 847. The molecule has 21 heavy (non-hydrogen) atoms. The van der Waals surface area contributed by atoms with E-state index in [4.69, 9.17) is 11.6 Å². The van der Waals surface area contributed by atoms with Crippen LogP contribution in [0.5, 0.6) is 0 Å². The summed E-state index contributed by atoms with van der Waals surface area (Å²) in [5.74, 6) is -0.260. The number of hydrogen-bond donors (Lipinski definition) is 1. The Morgan fingerprint density at radius 3 is 2.86 bits per heavy atom. The molecule has 2 aromatic carbocycles. The van der Waals surface area contributed by atoms with Gasteiger partial charge in [-0.15, -0.1) is 0 Å². The highest BCUT2D eigenvalue weighted by Crippen LogP contribution is 2.29. The van der Waals surface area contributed by atoms with E-state index < -0.39 is 0 Å². The summed E-state index contributed by atoms with van der Waals surface area (Å²) in [5.41, 5.74) is 2.43. The van der Waals surface area contributed by atoms with E-state index in [2.05, 4.69) is 26.2 Å². The number of carbonyl (C=O) groups excluding carboxylic acids is 1. The molecule has 1 amide bonds. The van der Waals surface area contributed by atoms with Gasteiger partial charge >= 0.3 is 0 Å². The molecule has 0 fully saturated rings. The Labute approximate surface area is 139 Å². The maximum Gasteiger partial charge on any atom is 0.258 e. The molecular weight excluding hydrogens is 372 g/mol. The van der Waals surface area contributed by atoms with Crippen molar-refractivity contribution >= 4 is 60.1 Å². The smallest absolute Gasteiger partial charge is 0.258 e. The number of anilines is 1. The first-order chi connectivity index (χ1) is 10.0. The zero-order valence-corrected chi connectivity index (χ0v) is 14.1. The summed E-state index contributed by atoms with van der Waals surface area (Å²) in [7, 11) is 0. The Kier molecular flexibility index (Phi) is 3.97. The van der Waals surface area contributed by atoms with E-state index >= 15 is 0 Å². The van der Waals surface area contributed by atoms with E-state index in [1.165, 1.54) is 11.3 Å². The minimum Gasteiger partial charge on any atom is -0.298 e. The molecule has 6 heteroatoms. The quantitative estimate of drug-likeness (QED) is 0.657. The molecule has 0 aliphatic rings. The highest BCUT2D eigenvalue weighted by Gasteiger charge is 2.13. The summed E-state index contributed by atoms with van der Waals surface area (Å²) in [6, 6.07) is 11.1. The summed E-state index contributed by atoms with van der Waals surface area (Å²) >= 11 is 10.9. The molecule has 3 nitrogen and oxygen atoms in total. The van der Waals surface area contributed by atoms with Crippen LogP contribution in [-0.2, 0) is 0 Å². The lowest BCUT2D eigenvalue weighted by Gasteiger charge is -2.04. The predicted molar refractivity (Wildman–Crippen MR) is 91.5 cm³/mol. The minimum atomic E-state index is -0.260. The number of hydrogen-bond acceptors (Lipinski definition) is 3. The third-order valence-corrected chi connectivity index (χ3v) is 4.76. The lowest BCUT2D eigenvalue weighted by atomic mass is 10.2. The Morgan fingerprint density at radius 1 is 1.33 bits per heavy atom. The molecule has 106 valence electrons. The molecule has 0 radical (unpaired) electrons. The lowest BCUT2D eigenvalue weighted by Crippen LogP contribution is -2.12. The molecule has 3 aromatic rings. The molecule has 0 saturated heterocycles. The maximum atomic E-state index is 12.3. The number of fused-ring (bicyclic) bond motifs is 1. The van der Waals surface area contributed by atoms with Gasteiger partial charge in [0.15, 0.2) is 5.13 Å². The van der Waals surface area contributed by atoms with E-state index in [1.54, 1.807) is 18.2 Å².